The van der Waals surface area contributed by atoms with Gasteiger partial charge < -0.3 is 5.32 Å². The van der Waals surface area contributed by atoms with Crippen molar-refractivity contribution in [3.8, 4) is 0 Å². The van der Waals surface area contributed by atoms with Crippen molar-refractivity contribution in [1.29, 1.82) is 0 Å². The van der Waals surface area contributed by atoms with Crippen LogP contribution in [0.3, 0.4) is 0 Å². The molecule has 24 heavy (non-hydrogen) atoms. The maximum Gasteiger partial charge on any atom is 0.152 e. The van der Waals surface area contributed by atoms with Crippen LogP contribution in [-0.4, -0.2) is 29.7 Å². The molecule has 0 saturated carbocycles. The molecule has 1 aliphatic carbocycles. The molecule has 2 atom stereocenters. The average Bonchev–Trinajstić information content (AvgIpc) is 3.23. The number of rotatable bonds is 4. The summed E-state index contributed by atoms with van der Waals surface area (Å²) in [6, 6.07) is 5.18. The first-order chi connectivity index (χ1) is 11.5. The molecule has 5 nitrogen and oxygen atoms in total. The number of benzene rings is 1. The normalized spacial score (nSPS) is 25.0. The molecule has 2 aliphatic rings. The molecule has 1 fully saturated rings. The summed E-state index contributed by atoms with van der Waals surface area (Å²) in [6.45, 7) is 0.668. The molecule has 0 amide bonds. The molecule has 1 saturated heterocycles. The molecule has 0 radical (unpaired) electrons. The Labute approximate surface area is 140 Å². The van der Waals surface area contributed by atoms with Crippen LogP contribution in [0.1, 0.15) is 41.6 Å². The van der Waals surface area contributed by atoms with E-state index in [4.69, 9.17) is 0 Å². The van der Waals surface area contributed by atoms with Crippen molar-refractivity contribution < 1.29 is 12.8 Å². The summed E-state index contributed by atoms with van der Waals surface area (Å²) in [6.07, 6.45) is 6.22. The van der Waals surface area contributed by atoms with Crippen molar-refractivity contribution in [2.24, 2.45) is 0 Å². The molecule has 7 heteroatoms. The third-order valence-corrected chi connectivity index (χ3v) is 6.72. The van der Waals surface area contributed by atoms with Crippen LogP contribution in [0, 0.1) is 5.82 Å². The third kappa shape index (κ3) is 3.10. The summed E-state index contributed by atoms with van der Waals surface area (Å²) < 4.78 is 38.2. The molecule has 1 aromatic carbocycles. The molecule has 0 bridgehead atoms. The predicted octanol–water partition coefficient (Wildman–Crippen LogP) is 2.16. The summed E-state index contributed by atoms with van der Waals surface area (Å²) in [4.78, 5) is 0. The number of halogens is 1. The monoisotopic (exact) mass is 349 g/mol. The van der Waals surface area contributed by atoms with Gasteiger partial charge in [0.1, 0.15) is 5.82 Å². The Balaban J connectivity index is 1.40. The van der Waals surface area contributed by atoms with Gasteiger partial charge in [0.25, 0.3) is 0 Å². The minimum atomic E-state index is -2.90. The van der Waals surface area contributed by atoms with E-state index in [0.29, 0.717) is 13.0 Å². The largest absolute Gasteiger partial charge is 0.306 e. The zero-order chi connectivity index (χ0) is 16.7. The van der Waals surface area contributed by atoms with Gasteiger partial charge in [0.15, 0.2) is 9.84 Å². The topological polar surface area (TPSA) is 64.0 Å². The van der Waals surface area contributed by atoms with E-state index >= 15 is 0 Å². The van der Waals surface area contributed by atoms with Crippen molar-refractivity contribution in [1.82, 2.24) is 15.1 Å². The first-order valence-corrected chi connectivity index (χ1v) is 10.1. The van der Waals surface area contributed by atoms with Crippen LogP contribution >= 0.6 is 0 Å². The molecular formula is C17H20FN3O2S. The standard InChI is InChI=1S/C17H20FN3O2S/c18-14-2-3-16-13(7-14)1-4-17(16)19-8-12-9-20-21(10-12)15-5-6-24(22,23)11-15/h2-3,7,9-10,15,17,19H,1,4-6,8,11H2/t15-,17+/m0/s1. The number of aromatic nitrogens is 2. The number of hydrogen-bond acceptors (Lipinski definition) is 4. The van der Waals surface area contributed by atoms with Crippen LogP contribution in [0.5, 0.6) is 0 Å². The Hall–Kier alpha value is -1.73. The minimum Gasteiger partial charge on any atom is -0.306 e. The number of hydrogen-bond donors (Lipinski definition) is 1. The zero-order valence-corrected chi connectivity index (χ0v) is 14.1. The third-order valence-electron chi connectivity index (χ3n) is 4.97. The fraction of sp³-hybridized carbons (Fsp3) is 0.471. The second kappa shape index (κ2) is 5.97. The molecule has 2 aromatic rings. The number of nitrogens with one attached hydrogen (secondary N) is 1. The molecule has 0 unspecified atom stereocenters. The second-order valence-corrected chi connectivity index (χ2v) is 8.93. The van der Waals surface area contributed by atoms with Crippen molar-refractivity contribution >= 4 is 9.84 Å². The van der Waals surface area contributed by atoms with Crippen molar-refractivity contribution in [3.63, 3.8) is 0 Å². The quantitative estimate of drug-likeness (QED) is 0.919. The van der Waals surface area contributed by atoms with E-state index in [1.807, 2.05) is 12.3 Å². The Morgan fingerprint density at radius 3 is 3.00 bits per heavy atom. The first-order valence-electron chi connectivity index (χ1n) is 8.25. The summed E-state index contributed by atoms with van der Waals surface area (Å²) in [5.41, 5.74) is 3.29. The van der Waals surface area contributed by atoms with E-state index < -0.39 is 9.84 Å². The predicted molar refractivity (Wildman–Crippen MR) is 88.8 cm³/mol. The van der Waals surface area contributed by atoms with Crippen LogP contribution in [0.2, 0.25) is 0 Å². The summed E-state index contributed by atoms with van der Waals surface area (Å²) >= 11 is 0. The lowest BCUT2D eigenvalue weighted by atomic mass is 10.1. The molecule has 0 spiro atoms. The zero-order valence-electron chi connectivity index (χ0n) is 13.3. The molecule has 4 rings (SSSR count). The molecule has 128 valence electrons. The van der Waals surface area contributed by atoms with Gasteiger partial charge in [-0.3, -0.25) is 4.68 Å². The SMILES string of the molecule is O=S1(=O)CC[C@H](n2cc(CN[C@@H]3CCc4cc(F)ccc43)cn2)C1. The molecule has 2 heterocycles. The lowest BCUT2D eigenvalue weighted by molar-refractivity contribution is 0.497. The van der Waals surface area contributed by atoms with Crippen LogP contribution in [-0.2, 0) is 22.8 Å². The summed E-state index contributed by atoms with van der Waals surface area (Å²) in [5, 5.41) is 7.83. The first kappa shape index (κ1) is 15.8. The van der Waals surface area contributed by atoms with E-state index in [9.17, 15) is 12.8 Å². The number of aryl methyl sites for hydroxylation is 1. The van der Waals surface area contributed by atoms with Gasteiger partial charge in [-0.05, 0) is 42.5 Å². The number of fused-ring (bicyclic) bond motifs is 1. The van der Waals surface area contributed by atoms with Crippen molar-refractivity contribution in [2.75, 3.05) is 11.5 Å². The fourth-order valence-electron chi connectivity index (χ4n) is 3.69. The maximum absolute atomic E-state index is 13.3. The maximum atomic E-state index is 13.3. The van der Waals surface area contributed by atoms with E-state index in [0.717, 1.165) is 24.0 Å². The minimum absolute atomic E-state index is 0.0427. The number of nitrogens with zero attached hydrogens (tertiary/aromatic N) is 2. The number of sulfone groups is 1. The molecular weight excluding hydrogens is 329 g/mol. The lowest BCUT2D eigenvalue weighted by Gasteiger charge is -2.13. The Bertz CT molecular complexity index is 862. The highest BCUT2D eigenvalue weighted by Crippen LogP contribution is 2.31. The molecule has 1 N–H and O–H groups in total. The van der Waals surface area contributed by atoms with Crippen molar-refractivity contribution in [2.45, 2.75) is 37.9 Å². The van der Waals surface area contributed by atoms with Gasteiger partial charge in [-0.25, -0.2) is 12.8 Å². The van der Waals surface area contributed by atoms with Gasteiger partial charge >= 0.3 is 0 Å². The van der Waals surface area contributed by atoms with Crippen LogP contribution in [0.25, 0.3) is 0 Å². The average molecular weight is 349 g/mol. The lowest BCUT2D eigenvalue weighted by Crippen LogP contribution is -2.18. The Kier molecular flexibility index (Phi) is 3.92. The van der Waals surface area contributed by atoms with Gasteiger partial charge in [0, 0.05) is 24.3 Å². The smallest absolute Gasteiger partial charge is 0.152 e. The highest BCUT2D eigenvalue weighted by molar-refractivity contribution is 7.91. The van der Waals surface area contributed by atoms with E-state index in [1.54, 1.807) is 16.9 Å². The second-order valence-electron chi connectivity index (χ2n) is 6.70. The highest BCUT2D eigenvalue weighted by atomic mass is 32.2. The Morgan fingerprint density at radius 2 is 2.21 bits per heavy atom. The van der Waals surface area contributed by atoms with Crippen LogP contribution in [0.4, 0.5) is 4.39 Å². The van der Waals surface area contributed by atoms with Gasteiger partial charge in [0.05, 0.1) is 23.7 Å². The molecule has 1 aromatic heterocycles. The van der Waals surface area contributed by atoms with Gasteiger partial charge in [-0.15, -0.1) is 0 Å². The molecule has 1 aliphatic heterocycles. The fourth-order valence-corrected chi connectivity index (χ4v) is 5.40. The Morgan fingerprint density at radius 1 is 1.33 bits per heavy atom. The highest BCUT2D eigenvalue weighted by Gasteiger charge is 2.29. The van der Waals surface area contributed by atoms with E-state index in [-0.39, 0.29) is 29.4 Å². The summed E-state index contributed by atoms with van der Waals surface area (Å²) in [5.74, 6) is 0.256. The van der Waals surface area contributed by atoms with Gasteiger partial charge in [-0.1, -0.05) is 6.07 Å². The van der Waals surface area contributed by atoms with Crippen molar-refractivity contribution in [3.05, 3.63) is 53.1 Å². The summed E-state index contributed by atoms with van der Waals surface area (Å²) in [7, 11) is -2.90. The van der Waals surface area contributed by atoms with E-state index in [2.05, 4.69) is 10.4 Å². The van der Waals surface area contributed by atoms with E-state index in [1.165, 1.54) is 11.6 Å². The van der Waals surface area contributed by atoms with Gasteiger partial charge in [-0.2, -0.15) is 5.10 Å². The van der Waals surface area contributed by atoms with Gasteiger partial charge in [0.2, 0.25) is 0 Å². The van der Waals surface area contributed by atoms with Crippen LogP contribution < -0.4 is 5.32 Å². The van der Waals surface area contributed by atoms with Crippen LogP contribution in [0.15, 0.2) is 30.6 Å².